The molecular weight excluding hydrogens is 382 g/mol. The predicted octanol–water partition coefficient (Wildman–Crippen LogP) is 10.0. The Labute approximate surface area is 197 Å². The molecule has 182 valence electrons. The minimum Gasteiger partial charge on any atom is -0.330 e. The summed E-state index contributed by atoms with van der Waals surface area (Å²) in [5, 5.41) is 0.647. The van der Waals surface area contributed by atoms with Crippen LogP contribution in [0.15, 0.2) is 0 Å². The molecule has 0 spiro atoms. The maximum atomic E-state index is 5.53. The smallest absolute Gasteiger partial charge is 0.00168 e. The summed E-state index contributed by atoms with van der Waals surface area (Å²) in [5.41, 5.74) is 5.53. The van der Waals surface area contributed by atoms with Crippen LogP contribution in [0.1, 0.15) is 167 Å². The van der Waals surface area contributed by atoms with Gasteiger partial charge in [0.15, 0.2) is 0 Å². The van der Waals surface area contributed by atoms with E-state index in [4.69, 9.17) is 18.4 Å². The monoisotopic (exact) mass is 441 g/mol. The van der Waals surface area contributed by atoms with Crippen molar-refractivity contribution in [1.29, 1.82) is 0 Å². The Balaban J connectivity index is 3.11. The Morgan fingerprint density at radius 3 is 1.00 bits per heavy atom. The number of thiol groups is 1. The maximum Gasteiger partial charge on any atom is 0.00168 e. The molecule has 0 amide bonds. The molecule has 0 aliphatic heterocycles. The molecule has 1 unspecified atom stereocenters. The van der Waals surface area contributed by atoms with Crippen molar-refractivity contribution in [2.24, 2.45) is 5.73 Å². The third-order valence-electron chi connectivity index (χ3n) is 6.63. The molecule has 2 N–H and O–H groups in total. The van der Waals surface area contributed by atoms with Crippen molar-refractivity contribution in [2.75, 3.05) is 6.54 Å². The first-order chi connectivity index (χ1) is 14.8. The zero-order chi connectivity index (χ0) is 22.0. The third-order valence-corrected chi connectivity index (χ3v) is 7.15. The number of rotatable bonds is 26. The lowest BCUT2D eigenvalue weighted by Crippen LogP contribution is -1.99. The van der Waals surface area contributed by atoms with Crippen LogP contribution in [0.5, 0.6) is 0 Å². The molecule has 0 rings (SSSR count). The van der Waals surface area contributed by atoms with Gasteiger partial charge in [-0.05, 0) is 25.8 Å². The van der Waals surface area contributed by atoms with Gasteiger partial charge >= 0.3 is 0 Å². The van der Waals surface area contributed by atoms with Crippen LogP contribution in [0.3, 0.4) is 0 Å². The Hall–Kier alpha value is 0.310. The van der Waals surface area contributed by atoms with Crippen LogP contribution in [0.25, 0.3) is 0 Å². The van der Waals surface area contributed by atoms with E-state index >= 15 is 0 Å². The molecule has 0 aromatic carbocycles. The van der Waals surface area contributed by atoms with Gasteiger partial charge in [0.25, 0.3) is 0 Å². The molecule has 0 saturated heterocycles. The molecule has 30 heavy (non-hydrogen) atoms. The second-order valence-electron chi connectivity index (χ2n) is 9.80. The highest BCUT2D eigenvalue weighted by Crippen LogP contribution is 2.18. The van der Waals surface area contributed by atoms with Gasteiger partial charge in [0, 0.05) is 5.25 Å². The van der Waals surface area contributed by atoms with E-state index in [9.17, 15) is 0 Å². The van der Waals surface area contributed by atoms with Crippen molar-refractivity contribution in [3.05, 3.63) is 0 Å². The highest BCUT2D eigenvalue weighted by atomic mass is 32.1. The van der Waals surface area contributed by atoms with Crippen LogP contribution in [-0.2, 0) is 0 Å². The Kier molecular flexibility index (Phi) is 27.6. The summed E-state index contributed by atoms with van der Waals surface area (Å²) in [7, 11) is 0. The number of hydrogen-bond donors (Lipinski definition) is 2. The fourth-order valence-corrected chi connectivity index (χ4v) is 4.85. The molecule has 1 nitrogen and oxygen atoms in total. The summed E-state index contributed by atoms with van der Waals surface area (Å²) in [6.45, 7) is 3.16. The van der Waals surface area contributed by atoms with E-state index < -0.39 is 0 Å². The van der Waals surface area contributed by atoms with Crippen molar-refractivity contribution in [2.45, 2.75) is 173 Å². The van der Waals surface area contributed by atoms with Gasteiger partial charge < -0.3 is 5.73 Å². The molecule has 2 heteroatoms. The molecule has 0 radical (unpaired) electrons. The molecule has 0 aliphatic rings. The molecule has 0 bridgehead atoms. The van der Waals surface area contributed by atoms with E-state index in [0.29, 0.717) is 5.25 Å². The van der Waals surface area contributed by atoms with Crippen LogP contribution < -0.4 is 5.73 Å². The quantitative estimate of drug-likeness (QED) is 0.101. The summed E-state index contributed by atoms with van der Waals surface area (Å²) in [6.07, 6.45) is 35.4. The van der Waals surface area contributed by atoms with Gasteiger partial charge in [0.05, 0.1) is 0 Å². The summed E-state index contributed by atoms with van der Waals surface area (Å²) in [6, 6.07) is 0. The Morgan fingerprint density at radius 1 is 0.433 bits per heavy atom. The van der Waals surface area contributed by atoms with Gasteiger partial charge in [-0.25, -0.2) is 0 Å². The van der Waals surface area contributed by atoms with Crippen molar-refractivity contribution >= 4 is 12.6 Å². The van der Waals surface area contributed by atoms with Crippen LogP contribution in [-0.4, -0.2) is 11.8 Å². The average molecular weight is 442 g/mol. The average Bonchev–Trinajstić information content (AvgIpc) is 2.75. The highest BCUT2D eigenvalue weighted by Gasteiger charge is 2.03. The first-order valence-electron chi connectivity index (χ1n) is 14.2. The van der Waals surface area contributed by atoms with Crippen molar-refractivity contribution in [1.82, 2.24) is 0 Å². The fourth-order valence-electron chi connectivity index (χ4n) is 4.48. The summed E-state index contributed by atoms with van der Waals surface area (Å²) in [4.78, 5) is 0. The summed E-state index contributed by atoms with van der Waals surface area (Å²) < 4.78 is 0. The maximum absolute atomic E-state index is 5.53. The van der Waals surface area contributed by atoms with Crippen molar-refractivity contribution < 1.29 is 0 Å². The lowest BCUT2D eigenvalue weighted by atomic mass is 10.0. The van der Waals surface area contributed by atoms with E-state index in [1.165, 1.54) is 161 Å². The zero-order valence-electron chi connectivity index (χ0n) is 21.0. The molecular formula is C28H59NS. The van der Waals surface area contributed by atoms with Gasteiger partial charge in [-0.2, -0.15) is 12.6 Å². The topological polar surface area (TPSA) is 26.0 Å². The van der Waals surface area contributed by atoms with Crippen LogP contribution in [0.4, 0.5) is 0 Å². The van der Waals surface area contributed by atoms with Gasteiger partial charge in [0.2, 0.25) is 0 Å². The zero-order valence-corrected chi connectivity index (χ0v) is 21.9. The summed E-state index contributed by atoms with van der Waals surface area (Å²) in [5.74, 6) is 0. The van der Waals surface area contributed by atoms with E-state index in [1.807, 2.05) is 0 Å². The van der Waals surface area contributed by atoms with Gasteiger partial charge in [-0.1, -0.05) is 148 Å². The van der Waals surface area contributed by atoms with E-state index in [2.05, 4.69) is 6.92 Å². The number of unbranched alkanes of at least 4 members (excludes halogenated alkanes) is 21. The van der Waals surface area contributed by atoms with Crippen LogP contribution in [0.2, 0.25) is 0 Å². The van der Waals surface area contributed by atoms with E-state index in [0.717, 1.165) is 6.54 Å². The molecule has 0 heterocycles. The number of nitrogens with two attached hydrogens (primary N) is 1. The Morgan fingerprint density at radius 2 is 0.700 bits per heavy atom. The Bertz CT molecular complexity index is 294. The van der Waals surface area contributed by atoms with Gasteiger partial charge in [-0.15, -0.1) is 0 Å². The molecule has 0 aromatic heterocycles. The molecule has 0 fully saturated rings. The SMILES string of the molecule is CCCCCCCCCCCCCCCCCCC(S)CCCCCCCCCN. The molecule has 0 aromatic rings. The second kappa shape index (κ2) is 27.3. The third kappa shape index (κ3) is 26.3. The lowest BCUT2D eigenvalue weighted by molar-refractivity contribution is 0.519. The molecule has 0 saturated carbocycles. The minimum absolute atomic E-state index is 0.647. The van der Waals surface area contributed by atoms with Crippen molar-refractivity contribution in [3.8, 4) is 0 Å². The van der Waals surface area contributed by atoms with Crippen molar-refractivity contribution in [3.63, 3.8) is 0 Å². The number of hydrogen-bond acceptors (Lipinski definition) is 2. The molecule has 1 atom stereocenters. The normalized spacial score (nSPS) is 12.5. The molecule has 0 aliphatic carbocycles. The highest BCUT2D eigenvalue weighted by molar-refractivity contribution is 7.80. The fraction of sp³-hybridized carbons (Fsp3) is 1.00. The van der Waals surface area contributed by atoms with Gasteiger partial charge in [0.1, 0.15) is 0 Å². The minimum atomic E-state index is 0.647. The first kappa shape index (κ1) is 30.3. The largest absolute Gasteiger partial charge is 0.330 e. The lowest BCUT2D eigenvalue weighted by Gasteiger charge is -2.10. The van der Waals surface area contributed by atoms with Crippen LogP contribution in [0, 0.1) is 0 Å². The second-order valence-corrected chi connectivity index (χ2v) is 10.5. The van der Waals surface area contributed by atoms with E-state index in [1.54, 1.807) is 0 Å². The van der Waals surface area contributed by atoms with E-state index in [-0.39, 0.29) is 0 Å². The first-order valence-corrected chi connectivity index (χ1v) is 14.7. The van der Waals surface area contributed by atoms with Crippen LogP contribution >= 0.6 is 12.6 Å². The predicted molar refractivity (Wildman–Crippen MR) is 143 cm³/mol. The summed E-state index contributed by atoms with van der Waals surface area (Å²) >= 11 is 4.81. The standard InChI is InChI=1S/C28H59NS/c1-2-3-4-5-6-7-8-9-10-11-12-13-14-16-19-22-25-28(30)26-23-20-17-15-18-21-24-27-29/h28,30H,2-27,29H2,1H3. The van der Waals surface area contributed by atoms with Gasteiger partial charge in [-0.3, -0.25) is 0 Å².